The summed E-state index contributed by atoms with van der Waals surface area (Å²) >= 11 is 0. The molecule has 19 heavy (non-hydrogen) atoms. The number of hydrogen-bond donors (Lipinski definition) is 3. The minimum Gasteiger partial charge on any atom is -0.465 e. The zero-order chi connectivity index (χ0) is 14.3. The van der Waals surface area contributed by atoms with E-state index in [-0.39, 0.29) is 11.5 Å². The Balaban J connectivity index is 2.30. The molecule has 2 atom stereocenters. The number of likely N-dealkylation sites (N-methyl/N-ethyl adjacent to an activating group) is 1. The summed E-state index contributed by atoms with van der Waals surface area (Å²) in [5, 5.41) is 21.7. The number of carbonyl (C=O) groups is 1. The van der Waals surface area contributed by atoms with Crippen molar-refractivity contribution < 1.29 is 15.0 Å². The maximum atomic E-state index is 10.6. The van der Waals surface area contributed by atoms with E-state index in [0.717, 1.165) is 32.2 Å². The molecule has 0 bridgehead atoms. The molecule has 0 aromatic carbocycles. The number of nitrogens with zero attached hydrogens (tertiary/aromatic N) is 1. The Morgan fingerprint density at radius 3 is 2.95 bits per heavy atom. The van der Waals surface area contributed by atoms with Crippen molar-refractivity contribution in [2.24, 2.45) is 5.41 Å². The highest BCUT2D eigenvalue weighted by molar-refractivity contribution is 5.64. The van der Waals surface area contributed by atoms with Gasteiger partial charge in [0.15, 0.2) is 0 Å². The van der Waals surface area contributed by atoms with Gasteiger partial charge in [0, 0.05) is 26.7 Å². The van der Waals surface area contributed by atoms with E-state index in [4.69, 9.17) is 5.11 Å². The van der Waals surface area contributed by atoms with E-state index in [2.05, 4.69) is 18.3 Å². The molecular weight excluding hydrogens is 244 g/mol. The molecule has 0 heterocycles. The topological polar surface area (TPSA) is 72.8 Å². The quantitative estimate of drug-likeness (QED) is 0.525. The van der Waals surface area contributed by atoms with Gasteiger partial charge >= 0.3 is 6.09 Å². The van der Waals surface area contributed by atoms with Crippen molar-refractivity contribution in [3.05, 3.63) is 12.2 Å². The third-order valence-corrected chi connectivity index (χ3v) is 3.82. The minimum atomic E-state index is -0.896. The minimum absolute atomic E-state index is 0.174. The van der Waals surface area contributed by atoms with E-state index >= 15 is 0 Å². The zero-order valence-electron chi connectivity index (χ0n) is 11.9. The van der Waals surface area contributed by atoms with Crippen LogP contribution in [0.15, 0.2) is 12.2 Å². The number of amides is 1. The molecule has 0 aliphatic heterocycles. The van der Waals surface area contributed by atoms with Crippen LogP contribution >= 0.6 is 0 Å². The molecule has 2 unspecified atom stereocenters. The molecule has 0 aromatic rings. The summed E-state index contributed by atoms with van der Waals surface area (Å²) in [6, 6.07) is 0. The molecule has 1 amide bonds. The standard InChI is InChI=1S/C14H26N2O3/c1-14(7-4-3-5-12(17)6-8-14)11-15-9-10-16(2)13(18)19/h3,5,12,15,17H,4,6-11H2,1-2H3,(H,18,19). The van der Waals surface area contributed by atoms with E-state index in [9.17, 15) is 9.90 Å². The summed E-state index contributed by atoms with van der Waals surface area (Å²) in [6.45, 7) is 4.25. The molecule has 3 N–H and O–H groups in total. The second-order valence-corrected chi connectivity index (χ2v) is 5.76. The number of nitrogens with one attached hydrogen (secondary N) is 1. The van der Waals surface area contributed by atoms with Crippen LogP contribution < -0.4 is 5.32 Å². The summed E-state index contributed by atoms with van der Waals surface area (Å²) in [5.74, 6) is 0. The van der Waals surface area contributed by atoms with Crippen LogP contribution in [0.25, 0.3) is 0 Å². The molecule has 0 fully saturated rings. The fraction of sp³-hybridized carbons (Fsp3) is 0.786. The number of allylic oxidation sites excluding steroid dienone is 1. The Kier molecular flexibility index (Phi) is 6.31. The first-order valence-corrected chi connectivity index (χ1v) is 6.92. The molecule has 1 rings (SSSR count). The lowest BCUT2D eigenvalue weighted by Crippen LogP contribution is -2.38. The smallest absolute Gasteiger partial charge is 0.407 e. The Bertz CT molecular complexity index is 320. The van der Waals surface area contributed by atoms with Crippen molar-refractivity contribution in [3.8, 4) is 0 Å². The van der Waals surface area contributed by atoms with E-state index in [1.165, 1.54) is 4.90 Å². The van der Waals surface area contributed by atoms with Gasteiger partial charge in [0.1, 0.15) is 0 Å². The first-order valence-electron chi connectivity index (χ1n) is 6.92. The van der Waals surface area contributed by atoms with Gasteiger partial charge in [-0.15, -0.1) is 0 Å². The average molecular weight is 270 g/mol. The van der Waals surface area contributed by atoms with Crippen molar-refractivity contribution in [3.63, 3.8) is 0 Å². The van der Waals surface area contributed by atoms with Crippen molar-refractivity contribution in [1.29, 1.82) is 0 Å². The van der Waals surface area contributed by atoms with Gasteiger partial charge in [-0.25, -0.2) is 4.79 Å². The lowest BCUT2D eigenvalue weighted by atomic mass is 9.79. The van der Waals surface area contributed by atoms with E-state index in [1.54, 1.807) is 7.05 Å². The predicted octanol–water partition coefficient (Wildman–Crippen LogP) is 1.68. The van der Waals surface area contributed by atoms with E-state index in [0.29, 0.717) is 13.1 Å². The normalized spacial score (nSPS) is 27.6. The van der Waals surface area contributed by atoms with Gasteiger partial charge in [0.05, 0.1) is 6.10 Å². The van der Waals surface area contributed by atoms with Gasteiger partial charge in [-0.05, 0) is 31.1 Å². The lowest BCUT2D eigenvalue weighted by Gasteiger charge is -2.32. The third-order valence-electron chi connectivity index (χ3n) is 3.82. The molecule has 5 nitrogen and oxygen atoms in total. The highest BCUT2D eigenvalue weighted by Gasteiger charge is 2.25. The largest absolute Gasteiger partial charge is 0.465 e. The third kappa shape index (κ3) is 6.07. The van der Waals surface area contributed by atoms with Gasteiger partial charge in [-0.2, -0.15) is 0 Å². The summed E-state index contributed by atoms with van der Waals surface area (Å²) in [5.41, 5.74) is 0.174. The zero-order valence-corrected chi connectivity index (χ0v) is 11.9. The van der Waals surface area contributed by atoms with Crippen LogP contribution in [0.2, 0.25) is 0 Å². The van der Waals surface area contributed by atoms with Gasteiger partial charge in [-0.1, -0.05) is 19.1 Å². The van der Waals surface area contributed by atoms with Gasteiger partial charge < -0.3 is 20.4 Å². The predicted molar refractivity (Wildman–Crippen MR) is 75.2 cm³/mol. The lowest BCUT2D eigenvalue weighted by molar-refractivity contribution is 0.152. The number of carboxylic acid groups (broad SMARTS) is 1. The van der Waals surface area contributed by atoms with Crippen molar-refractivity contribution >= 4 is 6.09 Å². The van der Waals surface area contributed by atoms with Crippen LogP contribution in [0.5, 0.6) is 0 Å². The highest BCUT2D eigenvalue weighted by atomic mass is 16.4. The summed E-state index contributed by atoms with van der Waals surface area (Å²) in [4.78, 5) is 11.9. The monoisotopic (exact) mass is 270 g/mol. The fourth-order valence-electron chi connectivity index (χ4n) is 2.31. The summed E-state index contributed by atoms with van der Waals surface area (Å²) in [6.07, 6.45) is 6.59. The second-order valence-electron chi connectivity index (χ2n) is 5.76. The van der Waals surface area contributed by atoms with E-state index < -0.39 is 6.09 Å². The molecule has 0 aromatic heterocycles. The number of rotatable bonds is 5. The van der Waals surface area contributed by atoms with Crippen molar-refractivity contribution in [2.45, 2.75) is 38.7 Å². The molecule has 1 aliphatic rings. The molecule has 0 radical (unpaired) electrons. The van der Waals surface area contributed by atoms with Gasteiger partial charge in [-0.3, -0.25) is 0 Å². The maximum absolute atomic E-state index is 10.6. The Labute approximate surface area is 115 Å². The maximum Gasteiger partial charge on any atom is 0.407 e. The second kappa shape index (κ2) is 7.50. The summed E-state index contributed by atoms with van der Waals surface area (Å²) in [7, 11) is 1.57. The molecule has 0 saturated heterocycles. The van der Waals surface area contributed by atoms with Crippen LogP contribution in [0.3, 0.4) is 0 Å². The fourth-order valence-corrected chi connectivity index (χ4v) is 2.31. The number of aliphatic hydroxyl groups is 1. The first kappa shape index (κ1) is 16.0. The van der Waals surface area contributed by atoms with Gasteiger partial charge in [0.2, 0.25) is 0 Å². The van der Waals surface area contributed by atoms with Crippen LogP contribution in [0.1, 0.15) is 32.6 Å². The number of hydrogen-bond acceptors (Lipinski definition) is 3. The molecule has 0 saturated carbocycles. The Morgan fingerprint density at radius 2 is 2.26 bits per heavy atom. The van der Waals surface area contributed by atoms with Crippen LogP contribution in [0, 0.1) is 5.41 Å². The summed E-state index contributed by atoms with van der Waals surface area (Å²) < 4.78 is 0. The molecule has 1 aliphatic carbocycles. The molecule has 5 heteroatoms. The van der Waals surface area contributed by atoms with Crippen molar-refractivity contribution in [1.82, 2.24) is 10.2 Å². The van der Waals surface area contributed by atoms with Crippen molar-refractivity contribution in [2.75, 3.05) is 26.7 Å². The van der Waals surface area contributed by atoms with E-state index in [1.807, 2.05) is 6.08 Å². The number of aliphatic hydroxyl groups excluding tert-OH is 1. The molecule has 0 spiro atoms. The molecule has 110 valence electrons. The molecular formula is C14H26N2O3. The van der Waals surface area contributed by atoms with Crippen LogP contribution in [0.4, 0.5) is 4.79 Å². The Hall–Kier alpha value is -1.07. The van der Waals surface area contributed by atoms with Gasteiger partial charge in [0.25, 0.3) is 0 Å². The SMILES string of the molecule is CN(CCNCC1(C)CCC=CC(O)CC1)C(=O)O. The Morgan fingerprint density at radius 1 is 1.53 bits per heavy atom. The van der Waals surface area contributed by atoms with Crippen LogP contribution in [-0.4, -0.2) is 54.0 Å². The average Bonchev–Trinajstić information content (AvgIpc) is 2.35. The highest BCUT2D eigenvalue weighted by Crippen LogP contribution is 2.31. The van der Waals surface area contributed by atoms with Crippen LogP contribution in [-0.2, 0) is 0 Å². The first-order chi connectivity index (χ1) is 8.93.